The Morgan fingerprint density at radius 3 is 2.65 bits per heavy atom. The molecule has 0 radical (unpaired) electrons. The van der Waals surface area contributed by atoms with E-state index in [-0.39, 0.29) is 33.6 Å². The maximum atomic E-state index is 12.6. The second kappa shape index (κ2) is 11.7. The lowest BCUT2D eigenvalue weighted by Crippen LogP contribution is -2.26. The lowest BCUT2D eigenvalue weighted by molar-refractivity contribution is 0.304. The van der Waals surface area contributed by atoms with Crippen LogP contribution in [0.1, 0.15) is 51.0 Å². The van der Waals surface area contributed by atoms with Crippen LogP contribution in [-0.4, -0.2) is 56.1 Å². The molecular weight excluding hydrogens is 514 g/mol. The monoisotopic (exact) mass is 547 g/mol. The molecular formula is C25H34ClN7O3S. The van der Waals surface area contributed by atoms with E-state index < -0.39 is 15.1 Å². The summed E-state index contributed by atoms with van der Waals surface area (Å²) in [7, 11) is -2.22. The highest BCUT2D eigenvalue weighted by Gasteiger charge is 2.26. The van der Waals surface area contributed by atoms with E-state index in [1.54, 1.807) is 13.8 Å². The highest BCUT2D eigenvalue weighted by Crippen LogP contribution is 2.37. The van der Waals surface area contributed by atoms with Gasteiger partial charge in [-0.2, -0.15) is 4.98 Å². The third kappa shape index (κ3) is 6.71. The summed E-state index contributed by atoms with van der Waals surface area (Å²) in [6.45, 7) is 5.14. The average molecular weight is 548 g/mol. The highest BCUT2D eigenvalue weighted by molar-refractivity contribution is 7.95. The number of hydrogen-bond donors (Lipinski definition) is 4. The van der Waals surface area contributed by atoms with Gasteiger partial charge in [0.15, 0.2) is 20.7 Å². The van der Waals surface area contributed by atoms with Crippen LogP contribution in [0.3, 0.4) is 0 Å². The van der Waals surface area contributed by atoms with Crippen LogP contribution in [0.15, 0.2) is 40.1 Å². The Morgan fingerprint density at radius 1 is 1.27 bits per heavy atom. The highest BCUT2D eigenvalue weighted by atomic mass is 35.5. The number of piperidine rings is 1. The van der Waals surface area contributed by atoms with E-state index in [1.807, 2.05) is 6.07 Å². The molecule has 1 aliphatic heterocycles. The van der Waals surface area contributed by atoms with Gasteiger partial charge in [-0.15, -0.1) is 0 Å². The number of allylic oxidation sites excluding steroid dienone is 1. The molecule has 200 valence electrons. The summed E-state index contributed by atoms with van der Waals surface area (Å²) >= 11 is 6.34. The fraction of sp³-hybridized carbons (Fsp3) is 0.480. The second-order valence-electron chi connectivity index (χ2n) is 9.50. The van der Waals surface area contributed by atoms with E-state index in [2.05, 4.69) is 43.0 Å². The van der Waals surface area contributed by atoms with Crippen molar-refractivity contribution in [1.82, 2.24) is 15.3 Å². The zero-order chi connectivity index (χ0) is 26.6. The van der Waals surface area contributed by atoms with E-state index in [4.69, 9.17) is 22.1 Å². The van der Waals surface area contributed by atoms with Gasteiger partial charge in [-0.25, -0.2) is 13.4 Å². The van der Waals surface area contributed by atoms with Crippen molar-refractivity contribution in [3.8, 4) is 5.75 Å². The van der Waals surface area contributed by atoms with Crippen LogP contribution in [0.2, 0.25) is 5.02 Å². The summed E-state index contributed by atoms with van der Waals surface area (Å²) in [5, 5.41) is 8.69. The lowest BCUT2D eigenvalue weighted by atomic mass is 9.90. The topological polar surface area (TPSA) is 144 Å². The van der Waals surface area contributed by atoms with Crippen molar-refractivity contribution < 1.29 is 13.2 Å². The number of nitrogens with zero attached hydrogens (tertiary/aromatic N) is 3. The first-order chi connectivity index (χ1) is 17.7. The molecule has 0 atom stereocenters. The van der Waals surface area contributed by atoms with Gasteiger partial charge >= 0.3 is 0 Å². The van der Waals surface area contributed by atoms with Crippen LogP contribution in [-0.2, 0) is 9.84 Å². The zero-order valence-electron chi connectivity index (χ0n) is 21.3. The van der Waals surface area contributed by atoms with Crippen LogP contribution >= 0.6 is 11.6 Å². The van der Waals surface area contributed by atoms with Gasteiger partial charge in [0.05, 0.1) is 28.9 Å². The minimum Gasteiger partial charge on any atom is -0.488 e. The molecule has 1 aromatic heterocycles. The summed E-state index contributed by atoms with van der Waals surface area (Å²) in [5.74, 6) is 1.71. The molecule has 0 unspecified atom stereocenters. The number of nitrogens with two attached hydrogens (primary N) is 1. The maximum Gasteiger partial charge on any atom is 0.229 e. The number of aliphatic imine (C=N–C) groups is 1. The number of nitrogens with one attached hydrogen (secondary N) is 3. The summed E-state index contributed by atoms with van der Waals surface area (Å²) in [5.41, 5.74) is 8.08. The number of hydrogen-bond acceptors (Lipinski definition) is 10. The molecule has 0 amide bonds. The molecule has 10 nitrogen and oxygen atoms in total. The molecule has 2 fully saturated rings. The summed E-state index contributed by atoms with van der Waals surface area (Å²) in [6.07, 6.45) is 7.24. The predicted octanol–water partition coefficient (Wildman–Crippen LogP) is 3.95. The van der Waals surface area contributed by atoms with E-state index in [0.717, 1.165) is 50.2 Å². The van der Waals surface area contributed by atoms with Gasteiger partial charge in [0.1, 0.15) is 10.8 Å². The number of aromatic nitrogens is 2. The minimum absolute atomic E-state index is 0.0758. The first kappa shape index (κ1) is 27.2. The predicted molar refractivity (Wildman–Crippen MR) is 149 cm³/mol. The van der Waals surface area contributed by atoms with Crippen LogP contribution in [0.4, 0.5) is 17.5 Å². The van der Waals surface area contributed by atoms with Gasteiger partial charge in [0.2, 0.25) is 5.95 Å². The van der Waals surface area contributed by atoms with Gasteiger partial charge in [-0.05, 0) is 76.2 Å². The Bertz CT molecular complexity index is 1290. The van der Waals surface area contributed by atoms with Crippen molar-refractivity contribution in [3.05, 3.63) is 45.7 Å². The molecule has 12 heteroatoms. The zero-order valence-corrected chi connectivity index (χ0v) is 22.9. The molecule has 1 aliphatic carbocycles. The van der Waals surface area contributed by atoms with Gasteiger partial charge < -0.3 is 26.4 Å². The smallest absolute Gasteiger partial charge is 0.229 e. The molecule has 2 aromatic rings. The molecule has 37 heavy (non-hydrogen) atoms. The van der Waals surface area contributed by atoms with Crippen molar-refractivity contribution >= 4 is 45.1 Å². The average Bonchev–Trinajstić information content (AvgIpc) is 3.70. The number of sulfone groups is 1. The Labute approximate surface area is 223 Å². The van der Waals surface area contributed by atoms with E-state index in [9.17, 15) is 8.42 Å². The minimum atomic E-state index is -3.73. The maximum absolute atomic E-state index is 12.6. The number of benzene rings is 1. The fourth-order valence-electron chi connectivity index (χ4n) is 3.97. The number of ether oxygens (including phenoxy) is 1. The molecule has 2 heterocycles. The van der Waals surface area contributed by atoms with E-state index in [0.29, 0.717) is 5.92 Å². The van der Waals surface area contributed by atoms with Crippen molar-refractivity contribution in [2.24, 2.45) is 10.7 Å². The molecule has 1 aromatic carbocycles. The Kier molecular flexibility index (Phi) is 8.56. The summed E-state index contributed by atoms with van der Waals surface area (Å²) < 4.78 is 31.5. The fourth-order valence-corrected chi connectivity index (χ4v) is 5.03. The van der Waals surface area contributed by atoms with E-state index in [1.165, 1.54) is 25.0 Å². The quantitative estimate of drug-likeness (QED) is 0.325. The van der Waals surface area contributed by atoms with Crippen molar-refractivity contribution in [3.63, 3.8) is 0 Å². The summed E-state index contributed by atoms with van der Waals surface area (Å²) in [6, 6.07) is 6.22. The molecule has 4 rings (SSSR count). The second-order valence-corrected chi connectivity index (χ2v) is 12.4. The van der Waals surface area contributed by atoms with Gasteiger partial charge in [0, 0.05) is 13.3 Å². The molecule has 1 saturated heterocycles. The Hall–Kier alpha value is -2.89. The number of anilines is 3. The molecule has 2 aliphatic rings. The summed E-state index contributed by atoms with van der Waals surface area (Å²) in [4.78, 5) is 12.7. The standard InChI is InChI=1S/C25H34ClN7O3S/c1-15(2)37(34,35)23(27)21(14-28-3)31-24-19(26)13-30-25(33-24)32-20-7-4-17(16-8-10-29-11-9-16)12-22(20)36-18-5-6-18/h4,7,12-16,18,29H,5-6,8-11,27H2,1-3H3,(H2,30,31,32,33). The number of halogens is 1. The van der Waals surface area contributed by atoms with Crippen LogP contribution < -0.4 is 26.4 Å². The third-order valence-electron chi connectivity index (χ3n) is 6.33. The Morgan fingerprint density at radius 2 is 2.00 bits per heavy atom. The van der Waals surface area contributed by atoms with Gasteiger partial charge in [-0.3, -0.25) is 4.99 Å². The van der Waals surface area contributed by atoms with Crippen LogP contribution in [0, 0.1) is 0 Å². The normalized spacial score (nSPS) is 17.6. The van der Waals surface area contributed by atoms with Gasteiger partial charge in [0.25, 0.3) is 0 Å². The van der Waals surface area contributed by atoms with Crippen molar-refractivity contribution in [1.29, 1.82) is 0 Å². The van der Waals surface area contributed by atoms with Gasteiger partial charge in [-0.1, -0.05) is 17.7 Å². The molecule has 0 bridgehead atoms. The Balaban J connectivity index is 1.62. The van der Waals surface area contributed by atoms with Crippen LogP contribution in [0.5, 0.6) is 5.75 Å². The SMILES string of the molecule is CN=CC(Nc1nc(Nc2ccc(C3CCNCC3)cc2OC2CC2)ncc1Cl)=C(N)S(=O)(=O)C(C)C. The molecule has 0 spiro atoms. The largest absolute Gasteiger partial charge is 0.488 e. The van der Waals surface area contributed by atoms with Crippen molar-refractivity contribution in [2.75, 3.05) is 30.8 Å². The third-order valence-corrected chi connectivity index (χ3v) is 8.68. The van der Waals surface area contributed by atoms with E-state index >= 15 is 0 Å². The van der Waals surface area contributed by atoms with Crippen LogP contribution in [0.25, 0.3) is 0 Å². The van der Waals surface area contributed by atoms with Crippen molar-refractivity contribution in [2.45, 2.75) is 56.8 Å². The molecule has 1 saturated carbocycles. The number of rotatable bonds is 10. The first-order valence-electron chi connectivity index (χ1n) is 12.4. The molecule has 5 N–H and O–H groups in total. The lowest BCUT2D eigenvalue weighted by Gasteiger charge is -2.24. The first-order valence-corrected chi connectivity index (χ1v) is 14.3.